The fourth-order valence-electron chi connectivity index (χ4n) is 4.20. The van der Waals surface area contributed by atoms with Gasteiger partial charge in [-0.1, -0.05) is 92.2 Å². The largest absolute Gasteiger partial charge is 0.454 e. The van der Waals surface area contributed by atoms with E-state index in [0.717, 1.165) is 29.5 Å². The lowest BCUT2D eigenvalue weighted by atomic mass is 10.1. The van der Waals surface area contributed by atoms with E-state index in [-0.39, 0.29) is 10.6 Å². The zero-order valence-corrected chi connectivity index (χ0v) is 23.0. The lowest BCUT2D eigenvalue weighted by Crippen LogP contribution is -2.36. The van der Waals surface area contributed by atoms with Crippen LogP contribution in [0.2, 0.25) is 0 Å². The number of ether oxygens (including phenoxy) is 1. The zero-order chi connectivity index (χ0) is 27.5. The molecule has 0 aliphatic carbocycles. The van der Waals surface area contributed by atoms with E-state index in [0.29, 0.717) is 37.6 Å². The van der Waals surface area contributed by atoms with Crippen molar-refractivity contribution in [2.75, 3.05) is 11.9 Å². The molecule has 0 heterocycles. The maximum absolute atomic E-state index is 12.8. The SMILES string of the molecule is CCCCNc1cc(CN(Cc2ccccc2)NCc2ccccc2)cc(S(N)(=O)=O)c1Oc1ccccc1. The molecular formula is C31H36N4O3S. The van der Waals surface area contributed by atoms with Crippen LogP contribution < -0.4 is 20.6 Å². The van der Waals surface area contributed by atoms with Crippen LogP contribution in [-0.4, -0.2) is 20.0 Å². The van der Waals surface area contributed by atoms with Gasteiger partial charge in [0, 0.05) is 26.2 Å². The van der Waals surface area contributed by atoms with Crippen molar-refractivity contribution in [2.45, 2.75) is 44.3 Å². The Labute approximate surface area is 231 Å². The molecule has 0 aliphatic rings. The first-order valence-corrected chi connectivity index (χ1v) is 14.7. The van der Waals surface area contributed by atoms with Gasteiger partial charge in [0.1, 0.15) is 10.6 Å². The van der Waals surface area contributed by atoms with Crippen LogP contribution in [0.3, 0.4) is 0 Å². The minimum atomic E-state index is -4.08. The Morgan fingerprint density at radius 3 is 2.00 bits per heavy atom. The Morgan fingerprint density at radius 2 is 1.38 bits per heavy atom. The molecule has 0 amide bonds. The third-order valence-corrected chi connectivity index (χ3v) is 7.09. The molecule has 7 nitrogen and oxygen atoms in total. The van der Waals surface area contributed by atoms with Crippen LogP contribution in [-0.2, 0) is 29.7 Å². The number of hydrazine groups is 1. The van der Waals surface area contributed by atoms with Crippen LogP contribution in [0.4, 0.5) is 5.69 Å². The zero-order valence-electron chi connectivity index (χ0n) is 22.2. The number of anilines is 1. The van der Waals surface area contributed by atoms with E-state index >= 15 is 0 Å². The maximum atomic E-state index is 12.8. The van der Waals surface area contributed by atoms with Crippen LogP contribution in [0.5, 0.6) is 11.5 Å². The molecule has 0 unspecified atom stereocenters. The first kappa shape index (κ1) is 28.3. The molecule has 0 radical (unpaired) electrons. The fraction of sp³-hybridized carbons (Fsp3) is 0.226. The van der Waals surface area contributed by atoms with Crippen molar-refractivity contribution in [1.82, 2.24) is 10.4 Å². The number of nitrogens with two attached hydrogens (primary N) is 1. The van der Waals surface area contributed by atoms with Gasteiger partial charge in [0.05, 0.1) is 5.69 Å². The Balaban J connectivity index is 1.69. The molecule has 0 aliphatic heterocycles. The molecule has 0 spiro atoms. The van der Waals surface area contributed by atoms with Gasteiger partial charge < -0.3 is 10.1 Å². The van der Waals surface area contributed by atoms with E-state index in [1.54, 1.807) is 18.2 Å². The van der Waals surface area contributed by atoms with Gasteiger partial charge in [0.15, 0.2) is 5.75 Å². The van der Waals surface area contributed by atoms with E-state index in [4.69, 9.17) is 9.88 Å². The van der Waals surface area contributed by atoms with Crippen molar-refractivity contribution < 1.29 is 13.2 Å². The number of nitrogens with zero attached hydrogens (tertiary/aromatic N) is 1. The summed E-state index contributed by atoms with van der Waals surface area (Å²) in [6, 6.07) is 33.0. The Morgan fingerprint density at radius 1 is 0.795 bits per heavy atom. The van der Waals surface area contributed by atoms with Gasteiger partial charge in [-0.2, -0.15) is 0 Å². The molecule has 0 atom stereocenters. The molecule has 0 fully saturated rings. The van der Waals surface area contributed by atoms with Crippen molar-refractivity contribution in [1.29, 1.82) is 0 Å². The Bertz CT molecular complexity index is 1420. The van der Waals surface area contributed by atoms with Gasteiger partial charge in [-0.3, -0.25) is 5.43 Å². The minimum absolute atomic E-state index is 0.0504. The average Bonchev–Trinajstić information content (AvgIpc) is 2.94. The predicted molar refractivity (Wildman–Crippen MR) is 157 cm³/mol. The highest BCUT2D eigenvalue weighted by atomic mass is 32.2. The average molecular weight is 545 g/mol. The summed E-state index contributed by atoms with van der Waals surface area (Å²) in [5.41, 5.74) is 7.18. The third-order valence-electron chi connectivity index (χ3n) is 6.17. The van der Waals surface area contributed by atoms with Crippen LogP contribution in [0.25, 0.3) is 0 Å². The summed E-state index contributed by atoms with van der Waals surface area (Å²) in [5, 5.41) is 11.2. The van der Waals surface area contributed by atoms with E-state index in [1.165, 1.54) is 0 Å². The standard InChI is InChI=1S/C31H36N4O3S/c1-2-3-19-33-29-20-27(21-30(39(32,36)37)31(29)38-28-17-11-6-12-18-28)24-35(23-26-15-9-5-10-16-26)34-22-25-13-7-4-8-14-25/h4-18,20-21,33-34H,2-3,19,22-24H2,1H3,(H2,32,36,37). The second kappa shape index (κ2) is 13.9. The number of primary sulfonamides is 1. The Kier molecular flexibility index (Phi) is 10.1. The third kappa shape index (κ3) is 8.66. The van der Waals surface area contributed by atoms with E-state index in [1.807, 2.05) is 60.7 Å². The smallest absolute Gasteiger partial charge is 0.241 e. The van der Waals surface area contributed by atoms with Gasteiger partial charge in [0.25, 0.3) is 0 Å². The summed E-state index contributed by atoms with van der Waals surface area (Å²) in [7, 11) is -4.08. The summed E-state index contributed by atoms with van der Waals surface area (Å²) < 4.78 is 31.7. The van der Waals surface area contributed by atoms with Gasteiger partial charge in [-0.15, -0.1) is 0 Å². The molecule has 4 aromatic carbocycles. The van der Waals surface area contributed by atoms with Crippen LogP contribution >= 0.6 is 0 Å². The number of benzene rings is 4. The van der Waals surface area contributed by atoms with Gasteiger partial charge in [-0.25, -0.2) is 18.6 Å². The summed E-state index contributed by atoms with van der Waals surface area (Å²) >= 11 is 0. The molecule has 0 saturated carbocycles. The van der Waals surface area contributed by atoms with Crippen molar-refractivity contribution in [3.8, 4) is 11.5 Å². The first-order chi connectivity index (χ1) is 18.9. The van der Waals surface area contributed by atoms with Gasteiger partial charge in [-0.05, 0) is 47.4 Å². The molecule has 0 saturated heterocycles. The number of nitrogens with one attached hydrogen (secondary N) is 2. The van der Waals surface area contributed by atoms with Gasteiger partial charge >= 0.3 is 0 Å². The maximum Gasteiger partial charge on any atom is 0.241 e. The Hall–Kier alpha value is -3.69. The van der Waals surface area contributed by atoms with E-state index in [9.17, 15) is 8.42 Å². The molecule has 8 heteroatoms. The topological polar surface area (TPSA) is 96.7 Å². The first-order valence-electron chi connectivity index (χ1n) is 13.1. The normalized spacial score (nSPS) is 11.5. The number of unbranched alkanes of at least 4 members (excludes halogenated alkanes) is 1. The molecule has 0 bridgehead atoms. The number of hydrogen-bond donors (Lipinski definition) is 3. The highest BCUT2D eigenvalue weighted by molar-refractivity contribution is 7.89. The van der Waals surface area contributed by atoms with Gasteiger partial charge in [0.2, 0.25) is 10.0 Å². The summed E-state index contributed by atoms with van der Waals surface area (Å²) in [6.07, 6.45) is 1.93. The quantitative estimate of drug-likeness (QED) is 0.132. The predicted octanol–water partition coefficient (Wildman–Crippen LogP) is 6.05. The van der Waals surface area contributed by atoms with Crippen molar-refractivity contribution in [2.24, 2.45) is 5.14 Å². The number of hydrogen-bond acceptors (Lipinski definition) is 6. The molecule has 4 N–H and O–H groups in total. The van der Waals surface area contributed by atoms with Crippen LogP contribution in [0.1, 0.15) is 36.5 Å². The molecule has 204 valence electrons. The summed E-state index contributed by atoms with van der Waals surface area (Å²) in [4.78, 5) is -0.0504. The van der Waals surface area contributed by atoms with Crippen molar-refractivity contribution >= 4 is 15.7 Å². The fourth-order valence-corrected chi connectivity index (χ4v) is 4.92. The minimum Gasteiger partial charge on any atom is -0.454 e. The number of para-hydroxylation sites is 1. The summed E-state index contributed by atoms with van der Waals surface area (Å²) in [6.45, 7) is 4.48. The van der Waals surface area contributed by atoms with Crippen molar-refractivity contribution in [3.63, 3.8) is 0 Å². The summed E-state index contributed by atoms with van der Waals surface area (Å²) in [5.74, 6) is 0.735. The van der Waals surface area contributed by atoms with Crippen LogP contribution in [0.15, 0.2) is 108 Å². The van der Waals surface area contributed by atoms with E-state index < -0.39 is 10.0 Å². The van der Waals surface area contributed by atoms with E-state index in [2.05, 4.69) is 46.9 Å². The molecule has 4 aromatic rings. The highest BCUT2D eigenvalue weighted by Gasteiger charge is 2.22. The second-order valence-corrected chi connectivity index (χ2v) is 10.9. The number of rotatable bonds is 14. The second-order valence-electron chi connectivity index (χ2n) is 9.37. The lowest BCUT2D eigenvalue weighted by Gasteiger charge is -2.25. The van der Waals surface area contributed by atoms with Crippen LogP contribution in [0, 0.1) is 0 Å². The molecule has 39 heavy (non-hydrogen) atoms. The molecular weight excluding hydrogens is 508 g/mol. The number of sulfonamides is 1. The molecule has 0 aromatic heterocycles. The highest BCUT2D eigenvalue weighted by Crippen LogP contribution is 2.37. The lowest BCUT2D eigenvalue weighted by molar-refractivity contribution is 0.164. The monoisotopic (exact) mass is 544 g/mol. The van der Waals surface area contributed by atoms with Crippen molar-refractivity contribution in [3.05, 3.63) is 120 Å². The molecule has 4 rings (SSSR count).